The van der Waals surface area contributed by atoms with Crippen LogP contribution in [0.3, 0.4) is 0 Å². The highest BCUT2D eigenvalue weighted by Crippen LogP contribution is 2.26. The summed E-state index contributed by atoms with van der Waals surface area (Å²) in [5.41, 5.74) is 2.09. The predicted molar refractivity (Wildman–Crippen MR) is 111 cm³/mol. The Morgan fingerprint density at radius 2 is 1.86 bits per heavy atom. The molecule has 0 aliphatic carbocycles. The van der Waals surface area contributed by atoms with Crippen molar-refractivity contribution >= 4 is 17.7 Å². The number of aromatic nitrogens is 5. The smallest absolute Gasteiger partial charge is 0.228 e. The van der Waals surface area contributed by atoms with E-state index in [1.165, 1.54) is 0 Å². The van der Waals surface area contributed by atoms with E-state index >= 15 is 0 Å². The molecule has 8 heteroatoms. The van der Waals surface area contributed by atoms with Crippen LogP contribution in [0.15, 0.2) is 47.8 Å². The fourth-order valence-corrected chi connectivity index (χ4v) is 4.05. The number of anilines is 1. The molecule has 3 aromatic rings. The molecule has 0 saturated carbocycles. The van der Waals surface area contributed by atoms with Crippen molar-refractivity contribution in [2.45, 2.75) is 31.3 Å². The molecule has 1 aromatic carbocycles. The van der Waals surface area contributed by atoms with Crippen LogP contribution in [0.25, 0.3) is 5.69 Å². The highest BCUT2D eigenvalue weighted by atomic mass is 32.2. The maximum absolute atomic E-state index is 5.48. The maximum atomic E-state index is 5.48. The Labute approximate surface area is 169 Å². The monoisotopic (exact) mass is 398 g/mol. The van der Waals surface area contributed by atoms with Crippen molar-refractivity contribution in [3.05, 3.63) is 48.3 Å². The minimum absolute atomic E-state index is 0.521. The highest BCUT2D eigenvalue weighted by Gasteiger charge is 2.21. The summed E-state index contributed by atoms with van der Waals surface area (Å²) in [6, 6.07) is 12.2. The lowest BCUT2D eigenvalue weighted by molar-refractivity contribution is 0.121. The number of hydrogen-bond donors (Lipinski definition) is 0. The second-order valence-corrected chi connectivity index (χ2v) is 8.20. The van der Waals surface area contributed by atoms with Crippen molar-refractivity contribution in [2.75, 3.05) is 31.2 Å². The number of rotatable bonds is 7. The summed E-state index contributed by atoms with van der Waals surface area (Å²) in [7, 11) is 0. The molecule has 1 aliphatic heterocycles. The summed E-state index contributed by atoms with van der Waals surface area (Å²) in [6.45, 7) is 8.56. The zero-order chi connectivity index (χ0) is 19.3. The molecule has 28 heavy (non-hydrogen) atoms. The van der Waals surface area contributed by atoms with Crippen LogP contribution >= 0.6 is 11.8 Å². The topological polar surface area (TPSA) is 61.0 Å². The van der Waals surface area contributed by atoms with Crippen molar-refractivity contribution in [1.29, 1.82) is 0 Å². The highest BCUT2D eigenvalue weighted by molar-refractivity contribution is 7.98. The van der Waals surface area contributed by atoms with E-state index in [1.807, 2.05) is 29.1 Å². The van der Waals surface area contributed by atoms with Crippen LogP contribution in [0.4, 0.5) is 5.95 Å². The van der Waals surface area contributed by atoms with Gasteiger partial charge in [0.15, 0.2) is 5.16 Å². The molecule has 0 N–H and O–H groups in total. The van der Waals surface area contributed by atoms with E-state index in [0.29, 0.717) is 5.92 Å². The molecule has 148 valence electrons. The molecule has 2 aromatic heterocycles. The van der Waals surface area contributed by atoms with Gasteiger partial charge in [0.25, 0.3) is 0 Å². The largest absolute Gasteiger partial charge is 0.378 e. The Bertz CT molecular complexity index is 885. The number of para-hydroxylation sites is 1. The Balaban J connectivity index is 1.48. The average Bonchev–Trinajstić information content (AvgIpc) is 3.35. The van der Waals surface area contributed by atoms with Gasteiger partial charge in [-0.25, -0.2) is 4.68 Å². The normalized spacial score (nSPS) is 14.8. The molecule has 3 heterocycles. The Morgan fingerprint density at radius 3 is 2.61 bits per heavy atom. The van der Waals surface area contributed by atoms with Crippen LogP contribution in [0.2, 0.25) is 0 Å². The van der Waals surface area contributed by atoms with Crippen molar-refractivity contribution in [3.63, 3.8) is 0 Å². The van der Waals surface area contributed by atoms with Crippen LogP contribution in [-0.4, -0.2) is 50.8 Å². The summed E-state index contributed by atoms with van der Waals surface area (Å²) in [4.78, 5) is 2.27. The van der Waals surface area contributed by atoms with E-state index in [4.69, 9.17) is 9.84 Å². The lowest BCUT2D eigenvalue weighted by Crippen LogP contribution is -2.38. The molecular formula is C20H26N6OS. The van der Waals surface area contributed by atoms with Crippen molar-refractivity contribution < 1.29 is 4.74 Å². The summed E-state index contributed by atoms with van der Waals surface area (Å²) in [6.07, 6.45) is 2.00. The molecule has 7 nitrogen and oxygen atoms in total. The lowest BCUT2D eigenvalue weighted by Gasteiger charge is -2.28. The van der Waals surface area contributed by atoms with E-state index in [2.05, 4.69) is 51.7 Å². The maximum Gasteiger partial charge on any atom is 0.228 e. The number of ether oxygens (including phenoxy) is 1. The van der Waals surface area contributed by atoms with E-state index in [1.54, 1.807) is 11.8 Å². The van der Waals surface area contributed by atoms with Crippen LogP contribution in [0, 0.1) is 5.92 Å². The average molecular weight is 399 g/mol. The quantitative estimate of drug-likeness (QED) is 0.570. The molecule has 0 bridgehead atoms. The summed E-state index contributed by atoms with van der Waals surface area (Å²) in [5, 5.41) is 14.6. The standard InChI is InChI=1S/C20H26N6OS/c1-16(2)14-25-19(24-10-12-27-13-11-24)21-22-20(25)28-15-17-8-9-26(23-17)18-6-4-3-5-7-18/h3-9,16H,10-15H2,1-2H3. The SMILES string of the molecule is CC(C)Cn1c(SCc2ccn(-c3ccccc3)n2)nnc1N1CCOCC1. The van der Waals surface area contributed by atoms with Gasteiger partial charge in [0, 0.05) is 31.6 Å². The van der Waals surface area contributed by atoms with Gasteiger partial charge in [0.1, 0.15) is 0 Å². The van der Waals surface area contributed by atoms with Crippen LogP contribution in [0.1, 0.15) is 19.5 Å². The third kappa shape index (κ3) is 4.39. The number of morpholine rings is 1. The van der Waals surface area contributed by atoms with Gasteiger partial charge in [-0.3, -0.25) is 4.57 Å². The molecule has 0 amide bonds. The van der Waals surface area contributed by atoms with Crippen molar-refractivity contribution in [2.24, 2.45) is 5.92 Å². The second-order valence-electron chi connectivity index (χ2n) is 7.26. The predicted octanol–water partition coefficient (Wildman–Crippen LogP) is 3.25. The first-order valence-electron chi connectivity index (χ1n) is 9.69. The van der Waals surface area contributed by atoms with Gasteiger partial charge in [0.2, 0.25) is 5.95 Å². The molecule has 0 spiro atoms. The Hall–Kier alpha value is -2.32. The van der Waals surface area contributed by atoms with E-state index in [9.17, 15) is 0 Å². The summed E-state index contributed by atoms with van der Waals surface area (Å²) < 4.78 is 9.63. The first kappa shape index (κ1) is 19.0. The van der Waals surface area contributed by atoms with Gasteiger partial charge < -0.3 is 9.64 Å². The molecule has 4 rings (SSSR count). The second kappa shape index (κ2) is 8.79. The van der Waals surface area contributed by atoms with Gasteiger partial charge in [-0.1, -0.05) is 43.8 Å². The van der Waals surface area contributed by atoms with Crippen LogP contribution < -0.4 is 4.90 Å². The number of thioether (sulfide) groups is 1. The minimum atomic E-state index is 0.521. The van der Waals surface area contributed by atoms with Crippen LogP contribution in [0.5, 0.6) is 0 Å². The van der Waals surface area contributed by atoms with Gasteiger partial charge in [-0.05, 0) is 24.1 Å². The van der Waals surface area contributed by atoms with E-state index in [-0.39, 0.29) is 0 Å². The molecule has 1 fully saturated rings. The Morgan fingerprint density at radius 1 is 1.07 bits per heavy atom. The summed E-state index contributed by atoms with van der Waals surface area (Å²) in [5.74, 6) is 2.24. The van der Waals surface area contributed by atoms with Gasteiger partial charge in [0.05, 0.1) is 24.6 Å². The Kier molecular flexibility index (Phi) is 5.97. The molecule has 0 unspecified atom stereocenters. The number of hydrogen-bond acceptors (Lipinski definition) is 6. The number of nitrogens with zero attached hydrogens (tertiary/aromatic N) is 6. The zero-order valence-corrected chi connectivity index (χ0v) is 17.2. The van der Waals surface area contributed by atoms with E-state index in [0.717, 1.165) is 61.1 Å². The fraction of sp³-hybridized carbons (Fsp3) is 0.450. The zero-order valence-electron chi connectivity index (χ0n) is 16.4. The van der Waals surface area contributed by atoms with Gasteiger partial charge in [-0.15, -0.1) is 10.2 Å². The third-order valence-electron chi connectivity index (χ3n) is 4.55. The lowest BCUT2D eigenvalue weighted by atomic mass is 10.2. The van der Waals surface area contributed by atoms with E-state index < -0.39 is 0 Å². The minimum Gasteiger partial charge on any atom is -0.378 e. The first-order valence-corrected chi connectivity index (χ1v) is 10.7. The first-order chi connectivity index (χ1) is 13.7. The fourth-order valence-electron chi connectivity index (χ4n) is 3.21. The van der Waals surface area contributed by atoms with Gasteiger partial charge >= 0.3 is 0 Å². The molecule has 0 atom stereocenters. The van der Waals surface area contributed by atoms with Crippen molar-refractivity contribution in [1.82, 2.24) is 24.5 Å². The van der Waals surface area contributed by atoms with Crippen molar-refractivity contribution in [3.8, 4) is 5.69 Å². The third-order valence-corrected chi connectivity index (χ3v) is 5.55. The number of benzene rings is 1. The van der Waals surface area contributed by atoms with Gasteiger partial charge in [-0.2, -0.15) is 5.10 Å². The molecule has 1 aliphatic rings. The molecule has 1 saturated heterocycles. The molecular weight excluding hydrogens is 372 g/mol. The van der Waals surface area contributed by atoms with Crippen LogP contribution in [-0.2, 0) is 17.0 Å². The summed E-state index contributed by atoms with van der Waals surface area (Å²) >= 11 is 1.69. The molecule has 0 radical (unpaired) electrons.